The topological polar surface area (TPSA) is 38.3 Å². The first-order valence-corrected chi connectivity index (χ1v) is 8.94. The number of fused-ring (bicyclic) bond motifs is 3. The molecule has 1 N–H and O–H groups in total. The maximum Gasteiger partial charge on any atom is 0.337 e. The summed E-state index contributed by atoms with van der Waals surface area (Å²) < 4.78 is 4.77. The van der Waals surface area contributed by atoms with Gasteiger partial charge < -0.3 is 10.1 Å². The first kappa shape index (κ1) is 16.5. The maximum absolute atomic E-state index is 11.6. The predicted molar refractivity (Wildman–Crippen MR) is 101 cm³/mol. The third-order valence-corrected chi connectivity index (χ3v) is 5.59. The molecule has 3 nitrogen and oxygen atoms in total. The number of methoxy groups -OCH3 is 1. The van der Waals surface area contributed by atoms with Gasteiger partial charge >= 0.3 is 5.97 Å². The standard InChI is InChI=1S/C20H17Cl2NO2/c1-25-20(24)12-7-5-11(6-8-12)18-15-4-2-3-14(15)16-9-13(21)10-17(22)19(16)23-18/h2-3,5-10,14-15,18,23H,4H2,1H3/t14-,15+,18-/m0/s1. The SMILES string of the molecule is COC(=O)c1ccc([C@@H]2Nc3c(Cl)cc(Cl)cc3[C@H]3C=CC[C@H]32)cc1. The normalized spacial score (nSPS) is 23.6. The zero-order valence-corrected chi connectivity index (χ0v) is 15.1. The van der Waals surface area contributed by atoms with Gasteiger partial charge in [-0.15, -0.1) is 0 Å². The van der Waals surface area contributed by atoms with Crippen LogP contribution >= 0.6 is 23.2 Å². The molecule has 4 rings (SSSR count). The minimum Gasteiger partial charge on any atom is -0.465 e. The molecule has 0 spiro atoms. The van der Waals surface area contributed by atoms with Crippen LogP contribution in [0.4, 0.5) is 5.69 Å². The highest BCUT2D eigenvalue weighted by Crippen LogP contribution is 2.52. The quantitative estimate of drug-likeness (QED) is 0.549. The van der Waals surface area contributed by atoms with E-state index in [4.69, 9.17) is 27.9 Å². The van der Waals surface area contributed by atoms with Crippen LogP contribution in [0.2, 0.25) is 10.0 Å². The molecule has 0 unspecified atom stereocenters. The second kappa shape index (κ2) is 6.40. The van der Waals surface area contributed by atoms with Gasteiger partial charge in [-0.3, -0.25) is 0 Å². The van der Waals surface area contributed by atoms with E-state index in [-0.39, 0.29) is 17.9 Å². The Morgan fingerprint density at radius 1 is 1.20 bits per heavy atom. The monoisotopic (exact) mass is 373 g/mol. The number of esters is 1. The molecule has 1 aliphatic carbocycles. The third kappa shape index (κ3) is 2.82. The summed E-state index contributed by atoms with van der Waals surface area (Å²) in [4.78, 5) is 11.6. The van der Waals surface area contributed by atoms with Crippen LogP contribution in [0.1, 0.15) is 39.9 Å². The Balaban J connectivity index is 1.73. The van der Waals surface area contributed by atoms with E-state index in [1.165, 1.54) is 7.11 Å². The number of rotatable bonds is 2. The van der Waals surface area contributed by atoms with Crippen LogP contribution in [-0.4, -0.2) is 13.1 Å². The van der Waals surface area contributed by atoms with Crippen molar-refractivity contribution in [3.8, 4) is 0 Å². The van der Waals surface area contributed by atoms with E-state index in [0.29, 0.717) is 21.5 Å². The molecule has 0 aromatic heterocycles. The lowest BCUT2D eigenvalue weighted by Crippen LogP contribution is -2.29. The number of allylic oxidation sites excluding steroid dienone is 2. The van der Waals surface area contributed by atoms with Crippen molar-refractivity contribution in [2.24, 2.45) is 5.92 Å². The van der Waals surface area contributed by atoms with Gasteiger partial charge in [0.2, 0.25) is 0 Å². The van der Waals surface area contributed by atoms with E-state index in [1.54, 1.807) is 18.2 Å². The zero-order chi connectivity index (χ0) is 17.6. The van der Waals surface area contributed by atoms with Crippen LogP contribution in [0, 0.1) is 5.92 Å². The van der Waals surface area contributed by atoms with Gasteiger partial charge in [0, 0.05) is 10.9 Å². The van der Waals surface area contributed by atoms with E-state index in [1.807, 2.05) is 18.2 Å². The number of hydrogen-bond acceptors (Lipinski definition) is 3. The fourth-order valence-electron chi connectivity index (χ4n) is 3.90. The lowest BCUT2D eigenvalue weighted by molar-refractivity contribution is 0.0600. The summed E-state index contributed by atoms with van der Waals surface area (Å²) in [5.41, 5.74) is 3.77. The molecular weight excluding hydrogens is 357 g/mol. The summed E-state index contributed by atoms with van der Waals surface area (Å²) in [6, 6.07) is 11.5. The van der Waals surface area contributed by atoms with Crippen molar-refractivity contribution in [1.29, 1.82) is 0 Å². The summed E-state index contributed by atoms with van der Waals surface area (Å²) >= 11 is 12.7. The Morgan fingerprint density at radius 3 is 2.68 bits per heavy atom. The molecule has 2 aromatic rings. The number of nitrogens with one attached hydrogen (secondary N) is 1. The van der Waals surface area contributed by atoms with Crippen molar-refractivity contribution in [1.82, 2.24) is 0 Å². The molecule has 0 saturated carbocycles. The van der Waals surface area contributed by atoms with E-state index < -0.39 is 0 Å². The van der Waals surface area contributed by atoms with E-state index in [9.17, 15) is 4.79 Å². The van der Waals surface area contributed by atoms with Gasteiger partial charge in [0.25, 0.3) is 0 Å². The molecule has 128 valence electrons. The molecular formula is C20H17Cl2NO2. The molecule has 0 fully saturated rings. The van der Waals surface area contributed by atoms with Crippen molar-refractivity contribution >= 4 is 34.9 Å². The van der Waals surface area contributed by atoms with E-state index in [0.717, 1.165) is 23.2 Å². The highest BCUT2D eigenvalue weighted by molar-refractivity contribution is 6.36. The average molecular weight is 374 g/mol. The van der Waals surface area contributed by atoms with Crippen LogP contribution in [0.3, 0.4) is 0 Å². The summed E-state index contributed by atoms with van der Waals surface area (Å²) in [5, 5.41) is 4.89. The van der Waals surface area contributed by atoms with Crippen molar-refractivity contribution in [3.05, 3.63) is 75.3 Å². The van der Waals surface area contributed by atoms with Crippen LogP contribution in [0.5, 0.6) is 0 Å². The van der Waals surface area contributed by atoms with Crippen LogP contribution < -0.4 is 5.32 Å². The second-order valence-electron chi connectivity index (χ2n) is 6.44. The van der Waals surface area contributed by atoms with E-state index in [2.05, 4.69) is 17.5 Å². The maximum atomic E-state index is 11.6. The number of halogens is 2. The molecule has 25 heavy (non-hydrogen) atoms. The Morgan fingerprint density at radius 2 is 1.96 bits per heavy atom. The van der Waals surface area contributed by atoms with E-state index >= 15 is 0 Å². The van der Waals surface area contributed by atoms with Crippen LogP contribution in [0.15, 0.2) is 48.6 Å². The first-order chi connectivity index (χ1) is 12.1. The molecule has 1 heterocycles. The van der Waals surface area contributed by atoms with Gasteiger partial charge in [0.15, 0.2) is 0 Å². The van der Waals surface area contributed by atoms with Gasteiger partial charge in [0.05, 0.1) is 29.4 Å². The predicted octanol–water partition coefficient (Wildman–Crippen LogP) is 5.61. The third-order valence-electron chi connectivity index (χ3n) is 5.08. The molecule has 2 aromatic carbocycles. The number of anilines is 1. The van der Waals surface area contributed by atoms with Crippen molar-refractivity contribution in [2.75, 3.05) is 12.4 Å². The van der Waals surface area contributed by atoms with Crippen LogP contribution in [0.25, 0.3) is 0 Å². The number of ether oxygens (including phenoxy) is 1. The molecule has 0 amide bonds. The Kier molecular flexibility index (Phi) is 4.22. The number of carbonyl (C=O) groups is 1. The molecule has 0 saturated heterocycles. The van der Waals surface area contributed by atoms with Crippen molar-refractivity contribution in [2.45, 2.75) is 18.4 Å². The molecule has 1 aliphatic heterocycles. The minimum atomic E-state index is -0.327. The fourth-order valence-corrected chi connectivity index (χ4v) is 4.46. The summed E-state index contributed by atoms with van der Waals surface area (Å²) in [5.74, 6) is 0.357. The summed E-state index contributed by atoms with van der Waals surface area (Å²) in [6.45, 7) is 0. The first-order valence-electron chi connectivity index (χ1n) is 8.19. The fraction of sp³-hybridized carbons (Fsp3) is 0.250. The Hall–Kier alpha value is -1.97. The molecule has 0 radical (unpaired) electrons. The van der Waals surface area contributed by atoms with Crippen LogP contribution in [-0.2, 0) is 4.74 Å². The van der Waals surface area contributed by atoms with Crippen molar-refractivity contribution in [3.63, 3.8) is 0 Å². The smallest absolute Gasteiger partial charge is 0.337 e. The number of hydrogen-bond donors (Lipinski definition) is 1. The highest BCUT2D eigenvalue weighted by atomic mass is 35.5. The molecule has 5 heteroatoms. The lowest BCUT2D eigenvalue weighted by Gasteiger charge is -2.38. The summed E-state index contributed by atoms with van der Waals surface area (Å²) in [7, 11) is 1.39. The molecule has 2 aliphatic rings. The van der Waals surface area contributed by atoms with Gasteiger partial charge in [-0.25, -0.2) is 4.79 Å². The Bertz CT molecular complexity index is 861. The lowest BCUT2D eigenvalue weighted by atomic mass is 9.77. The molecule has 3 atom stereocenters. The average Bonchev–Trinajstić information content (AvgIpc) is 3.11. The largest absolute Gasteiger partial charge is 0.465 e. The highest BCUT2D eigenvalue weighted by Gasteiger charge is 2.38. The van der Waals surface area contributed by atoms with Gasteiger partial charge in [-0.2, -0.15) is 0 Å². The number of benzene rings is 2. The Labute approximate surface area is 156 Å². The van der Waals surface area contributed by atoms with Gasteiger partial charge in [-0.05, 0) is 47.7 Å². The summed E-state index contributed by atoms with van der Waals surface area (Å²) in [6.07, 6.45) is 5.45. The zero-order valence-electron chi connectivity index (χ0n) is 13.6. The minimum absolute atomic E-state index is 0.123. The van der Waals surface area contributed by atoms with Crippen molar-refractivity contribution < 1.29 is 9.53 Å². The second-order valence-corrected chi connectivity index (χ2v) is 7.28. The van der Waals surface area contributed by atoms with Gasteiger partial charge in [-0.1, -0.05) is 47.5 Å². The van der Waals surface area contributed by atoms with Gasteiger partial charge in [0.1, 0.15) is 0 Å². The number of carbonyl (C=O) groups excluding carboxylic acids is 1. The molecule has 0 bridgehead atoms.